The Labute approximate surface area is 206 Å². The maximum atomic E-state index is 13.4. The third-order valence-corrected chi connectivity index (χ3v) is 6.59. The monoisotopic (exact) mass is 463 g/mol. The summed E-state index contributed by atoms with van der Waals surface area (Å²) in [4.78, 5) is 15.3. The normalized spacial score (nSPS) is 17.1. The van der Waals surface area contributed by atoms with Crippen LogP contribution in [0.15, 0.2) is 109 Å². The Balaban J connectivity index is 1.33. The Bertz CT molecular complexity index is 1240. The van der Waals surface area contributed by atoms with Crippen LogP contribution in [-0.4, -0.2) is 13.0 Å². The van der Waals surface area contributed by atoms with Crippen LogP contribution in [0, 0.1) is 5.92 Å². The fourth-order valence-electron chi connectivity index (χ4n) is 4.77. The number of nitrogens with zero attached hydrogens (tertiary/aromatic N) is 1. The Kier molecular flexibility index (Phi) is 6.80. The summed E-state index contributed by atoms with van der Waals surface area (Å²) in [5.74, 6) is 2.49. The molecule has 0 unspecified atom stereocenters. The van der Waals surface area contributed by atoms with Crippen molar-refractivity contribution < 1.29 is 14.3 Å². The third-order valence-electron chi connectivity index (χ3n) is 6.59. The van der Waals surface area contributed by atoms with Crippen LogP contribution in [0.5, 0.6) is 17.2 Å². The fourth-order valence-corrected chi connectivity index (χ4v) is 4.77. The van der Waals surface area contributed by atoms with Gasteiger partial charge in [0.05, 0.1) is 19.1 Å². The van der Waals surface area contributed by atoms with Gasteiger partial charge in [-0.25, -0.2) is 0 Å². The predicted molar refractivity (Wildman–Crippen MR) is 139 cm³/mol. The minimum absolute atomic E-state index is 0.00470. The lowest BCUT2D eigenvalue weighted by molar-refractivity contribution is -0.130. The van der Waals surface area contributed by atoms with Gasteiger partial charge in [0.1, 0.15) is 17.2 Å². The summed E-state index contributed by atoms with van der Waals surface area (Å²) in [6, 6.07) is 36.0. The smallest absolute Gasteiger partial charge is 0.233 e. The molecule has 1 fully saturated rings. The summed E-state index contributed by atoms with van der Waals surface area (Å²) in [7, 11) is 1.67. The zero-order valence-electron chi connectivity index (χ0n) is 19.8. The number of rotatable bonds is 9. The van der Waals surface area contributed by atoms with E-state index in [0.717, 1.165) is 47.8 Å². The topological polar surface area (TPSA) is 38.8 Å². The van der Waals surface area contributed by atoms with Crippen LogP contribution in [0.3, 0.4) is 0 Å². The molecule has 4 heteroatoms. The fraction of sp³-hybridized carbons (Fsp3) is 0.194. The quantitative estimate of drug-likeness (QED) is 0.246. The van der Waals surface area contributed by atoms with Gasteiger partial charge in [-0.2, -0.15) is 0 Å². The number of anilines is 1. The Hall–Kier alpha value is -4.05. The SMILES string of the molecule is COc1ccc([C@@H]2[C@@H](CCCc3ccccc3)C(=O)N2c2ccc(Oc3ccccc3)cc2)cc1. The molecule has 5 rings (SSSR count). The molecule has 1 aliphatic rings. The minimum Gasteiger partial charge on any atom is -0.497 e. The Morgan fingerprint density at radius 3 is 1.97 bits per heavy atom. The highest BCUT2D eigenvalue weighted by Crippen LogP contribution is 2.46. The zero-order chi connectivity index (χ0) is 24.0. The summed E-state index contributed by atoms with van der Waals surface area (Å²) in [5.41, 5.74) is 3.32. The zero-order valence-corrected chi connectivity index (χ0v) is 19.8. The second-order valence-corrected chi connectivity index (χ2v) is 8.82. The van der Waals surface area contributed by atoms with Gasteiger partial charge < -0.3 is 14.4 Å². The first-order valence-electron chi connectivity index (χ1n) is 12.1. The van der Waals surface area contributed by atoms with Crippen LogP contribution in [0.4, 0.5) is 5.69 Å². The average molecular weight is 464 g/mol. The van der Waals surface area contributed by atoms with Gasteiger partial charge in [0.15, 0.2) is 0 Å². The van der Waals surface area contributed by atoms with Crippen molar-refractivity contribution in [1.29, 1.82) is 0 Å². The molecule has 4 nitrogen and oxygen atoms in total. The van der Waals surface area contributed by atoms with E-state index in [4.69, 9.17) is 9.47 Å². The van der Waals surface area contributed by atoms with Crippen molar-refractivity contribution >= 4 is 11.6 Å². The molecule has 0 radical (unpaired) electrons. The number of para-hydroxylation sites is 1. The maximum absolute atomic E-state index is 13.4. The molecule has 4 aromatic rings. The molecule has 0 saturated carbocycles. The van der Waals surface area contributed by atoms with Crippen molar-refractivity contribution in [3.05, 3.63) is 120 Å². The highest BCUT2D eigenvalue weighted by molar-refractivity contribution is 6.03. The van der Waals surface area contributed by atoms with E-state index < -0.39 is 0 Å². The maximum Gasteiger partial charge on any atom is 0.233 e. The van der Waals surface area contributed by atoms with Crippen molar-refractivity contribution in [2.45, 2.75) is 25.3 Å². The summed E-state index contributed by atoms with van der Waals surface area (Å²) < 4.78 is 11.3. The molecule has 4 aromatic carbocycles. The van der Waals surface area contributed by atoms with E-state index in [-0.39, 0.29) is 17.9 Å². The summed E-state index contributed by atoms with van der Waals surface area (Å²) >= 11 is 0. The van der Waals surface area contributed by atoms with Crippen molar-refractivity contribution in [1.82, 2.24) is 0 Å². The van der Waals surface area contributed by atoms with Gasteiger partial charge in [-0.05, 0) is 78.9 Å². The molecule has 0 N–H and O–H groups in total. The van der Waals surface area contributed by atoms with Crippen LogP contribution in [0.25, 0.3) is 0 Å². The average Bonchev–Trinajstić information content (AvgIpc) is 2.91. The second-order valence-electron chi connectivity index (χ2n) is 8.82. The Morgan fingerprint density at radius 1 is 0.714 bits per heavy atom. The molecule has 1 aliphatic heterocycles. The van der Waals surface area contributed by atoms with Gasteiger partial charge in [0, 0.05) is 5.69 Å². The minimum atomic E-state index is -0.0349. The number of hydrogen-bond acceptors (Lipinski definition) is 3. The van der Waals surface area contributed by atoms with Crippen molar-refractivity contribution in [2.75, 3.05) is 12.0 Å². The molecule has 35 heavy (non-hydrogen) atoms. The molecule has 1 saturated heterocycles. The lowest BCUT2D eigenvalue weighted by atomic mass is 9.78. The third kappa shape index (κ3) is 5.07. The van der Waals surface area contributed by atoms with Crippen molar-refractivity contribution in [3.8, 4) is 17.2 Å². The Morgan fingerprint density at radius 2 is 1.31 bits per heavy atom. The molecule has 1 heterocycles. The molecule has 1 amide bonds. The van der Waals surface area contributed by atoms with Crippen LogP contribution in [-0.2, 0) is 11.2 Å². The van der Waals surface area contributed by atoms with E-state index in [2.05, 4.69) is 36.4 Å². The molecule has 0 aromatic heterocycles. The number of benzene rings is 4. The number of aryl methyl sites for hydroxylation is 1. The van der Waals surface area contributed by atoms with Crippen LogP contribution in [0.2, 0.25) is 0 Å². The van der Waals surface area contributed by atoms with Gasteiger partial charge in [-0.15, -0.1) is 0 Å². The number of carbonyl (C=O) groups is 1. The molecule has 0 bridgehead atoms. The number of amides is 1. The summed E-state index contributed by atoms with van der Waals surface area (Å²) in [6.07, 6.45) is 2.81. The molecular weight excluding hydrogens is 434 g/mol. The van der Waals surface area contributed by atoms with Gasteiger partial charge in [-0.1, -0.05) is 60.7 Å². The van der Waals surface area contributed by atoms with Gasteiger partial charge in [0.25, 0.3) is 0 Å². The standard InChI is InChI=1S/C31H29NO3/c1-34-26-19-15-24(16-20-26)30-29(14-8-11-23-9-4-2-5-10-23)31(33)32(30)25-17-21-28(22-18-25)35-27-12-6-3-7-13-27/h2-7,9-10,12-13,15-22,29-30H,8,11,14H2,1H3/t29-,30-/m1/s1. The van der Waals surface area contributed by atoms with E-state index in [1.54, 1.807) is 7.11 Å². The number of carbonyl (C=O) groups excluding carboxylic acids is 1. The lowest BCUT2D eigenvalue weighted by Gasteiger charge is -2.47. The number of β-lactam (4-membered cyclic amide) rings is 1. The first kappa shape index (κ1) is 22.7. The largest absolute Gasteiger partial charge is 0.497 e. The first-order valence-corrected chi connectivity index (χ1v) is 12.1. The lowest BCUT2D eigenvalue weighted by Crippen LogP contribution is -2.55. The molecule has 176 valence electrons. The number of ether oxygens (including phenoxy) is 2. The van der Waals surface area contributed by atoms with E-state index >= 15 is 0 Å². The molecule has 0 aliphatic carbocycles. The van der Waals surface area contributed by atoms with E-state index in [1.165, 1.54) is 5.56 Å². The van der Waals surface area contributed by atoms with Crippen molar-refractivity contribution in [2.24, 2.45) is 5.92 Å². The summed E-state index contributed by atoms with van der Waals surface area (Å²) in [6.45, 7) is 0. The van der Waals surface area contributed by atoms with Crippen LogP contribution >= 0.6 is 0 Å². The van der Waals surface area contributed by atoms with E-state index in [0.29, 0.717) is 0 Å². The molecule has 0 spiro atoms. The number of methoxy groups -OCH3 is 1. The highest BCUT2D eigenvalue weighted by Gasteiger charge is 2.48. The van der Waals surface area contributed by atoms with Crippen molar-refractivity contribution in [3.63, 3.8) is 0 Å². The van der Waals surface area contributed by atoms with E-state index in [1.807, 2.05) is 77.7 Å². The van der Waals surface area contributed by atoms with Gasteiger partial charge in [0.2, 0.25) is 5.91 Å². The molecule has 2 atom stereocenters. The van der Waals surface area contributed by atoms with Gasteiger partial charge >= 0.3 is 0 Å². The van der Waals surface area contributed by atoms with Crippen LogP contribution < -0.4 is 14.4 Å². The predicted octanol–water partition coefficient (Wildman–Crippen LogP) is 7.21. The second kappa shape index (κ2) is 10.5. The number of hydrogen-bond donors (Lipinski definition) is 0. The van der Waals surface area contributed by atoms with Crippen LogP contribution in [0.1, 0.15) is 30.0 Å². The highest BCUT2D eigenvalue weighted by atomic mass is 16.5. The first-order chi connectivity index (χ1) is 17.2. The summed E-state index contributed by atoms with van der Waals surface area (Å²) in [5, 5.41) is 0. The van der Waals surface area contributed by atoms with E-state index in [9.17, 15) is 4.79 Å². The van der Waals surface area contributed by atoms with Gasteiger partial charge in [-0.3, -0.25) is 4.79 Å². The molecular formula is C31H29NO3.